The van der Waals surface area contributed by atoms with Gasteiger partial charge in [-0.25, -0.2) is 0 Å². The third-order valence-corrected chi connectivity index (χ3v) is 4.42. The van der Waals surface area contributed by atoms with Gasteiger partial charge in [0.15, 0.2) is 0 Å². The third-order valence-electron chi connectivity index (χ3n) is 3.31. The summed E-state index contributed by atoms with van der Waals surface area (Å²) in [4.78, 5) is 25.9. The Kier molecular flexibility index (Phi) is 3.54. The molecule has 0 radical (unpaired) electrons. The van der Waals surface area contributed by atoms with Crippen LogP contribution < -0.4 is 15.9 Å². The molecule has 18 heavy (non-hydrogen) atoms. The molecular weight excluding hydrogens is 270 g/mol. The maximum atomic E-state index is 12.1. The quantitative estimate of drug-likeness (QED) is 0.713. The fourth-order valence-electron chi connectivity index (χ4n) is 2.37. The van der Waals surface area contributed by atoms with E-state index in [1.807, 2.05) is 0 Å². The van der Waals surface area contributed by atoms with Crippen LogP contribution in [0.5, 0.6) is 0 Å². The fraction of sp³-hybridized carbons (Fsp3) is 0.545. The van der Waals surface area contributed by atoms with Gasteiger partial charge in [-0.2, -0.15) is 0 Å². The van der Waals surface area contributed by atoms with Gasteiger partial charge < -0.3 is 16.0 Å². The highest BCUT2D eigenvalue weighted by Gasteiger charge is 2.50. The van der Waals surface area contributed by atoms with E-state index in [0.29, 0.717) is 31.0 Å². The van der Waals surface area contributed by atoms with Gasteiger partial charge in [0.1, 0.15) is 0 Å². The zero-order valence-electron chi connectivity index (χ0n) is 9.99. The van der Waals surface area contributed by atoms with Gasteiger partial charge in [-0.05, 0) is 18.8 Å². The second-order valence-electron chi connectivity index (χ2n) is 4.82. The number of thiocarbonyl (C=S) groups is 1. The third kappa shape index (κ3) is 2.32. The molecule has 2 rings (SSSR count). The van der Waals surface area contributed by atoms with Gasteiger partial charge in [0.05, 0.1) is 16.9 Å². The van der Waals surface area contributed by atoms with Crippen LogP contribution in [0, 0.1) is 11.3 Å². The number of aromatic amines is 1. The van der Waals surface area contributed by atoms with Crippen LogP contribution in [0.1, 0.15) is 25.5 Å². The summed E-state index contributed by atoms with van der Waals surface area (Å²) in [7, 11) is 0. The molecule has 0 saturated heterocycles. The van der Waals surface area contributed by atoms with E-state index in [4.69, 9.17) is 18.0 Å². The molecule has 5 nitrogen and oxygen atoms in total. The number of rotatable bonds is 4. The fourth-order valence-corrected chi connectivity index (χ4v) is 3.21. The van der Waals surface area contributed by atoms with Gasteiger partial charge in [0.2, 0.25) is 5.91 Å². The summed E-state index contributed by atoms with van der Waals surface area (Å²) in [6.07, 6.45) is 1.41. The van der Waals surface area contributed by atoms with E-state index < -0.39 is 5.41 Å². The molecule has 0 spiro atoms. The van der Waals surface area contributed by atoms with Crippen LogP contribution in [0.3, 0.4) is 0 Å². The summed E-state index contributed by atoms with van der Waals surface area (Å²) in [6.45, 7) is 2.37. The number of nitrogens with one attached hydrogen (secondary N) is 2. The predicted octanol–water partition coefficient (Wildman–Crippen LogP) is 0.755. The minimum atomic E-state index is -0.689. The van der Waals surface area contributed by atoms with Crippen molar-refractivity contribution in [1.29, 1.82) is 0 Å². The summed E-state index contributed by atoms with van der Waals surface area (Å²) in [6, 6.07) is 0. The molecule has 1 aliphatic carbocycles. The summed E-state index contributed by atoms with van der Waals surface area (Å²) in [5, 5.41) is 4.48. The normalized spacial score (nSPS) is 26.4. The Morgan fingerprint density at radius 3 is 2.83 bits per heavy atom. The topological polar surface area (TPSA) is 88.0 Å². The van der Waals surface area contributed by atoms with E-state index >= 15 is 0 Å². The van der Waals surface area contributed by atoms with E-state index in [2.05, 4.69) is 17.2 Å². The smallest absolute Gasteiger partial charge is 0.304 e. The first kappa shape index (κ1) is 13.2. The second kappa shape index (κ2) is 4.81. The molecule has 1 amide bonds. The zero-order chi connectivity index (χ0) is 13.3. The molecular formula is C11H15N3O2S2. The maximum absolute atomic E-state index is 12.1. The van der Waals surface area contributed by atoms with E-state index in [9.17, 15) is 9.59 Å². The predicted molar refractivity (Wildman–Crippen MR) is 74.4 cm³/mol. The highest BCUT2D eigenvalue weighted by Crippen LogP contribution is 2.45. The first-order valence-electron chi connectivity index (χ1n) is 5.69. The average Bonchev–Trinajstić information content (AvgIpc) is 2.67. The molecule has 98 valence electrons. The lowest BCUT2D eigenvalue weighted by atomic mass is 9.62. The molecule has 1 aromatic rings. The van der Waals surface area contributed by atoms with Crippen LogP contribution in [0.15, 0.2) is 10.2 Å². The van der Waals surface area contributed by atoms with Crippen molar-refractivity contribution in [3.05, 3.63) is 20.7 Å². The lowest BCUT2D eigenvalue weighted by molar-refractivity contribution is -0.133. The van der Waals surface area contributed by atoms with Crippen LogP contribution in [0.25, 0.3) is 0 Å². The molecule has 0 aromatic carbocycles. The van der Waals surface area contributed by atoms with E-state index in [1.165, 1.54) is 0 Å². The van der Waals surface area contributed by atoms with Gasteiger partial charge in [-0.15, -0.1) is 0 Å². The number of hydrogen-bond donors (Lipinski definition) is 3. The molecule has 0 bridgehead atoms. The minimum Gasteiger partial charge on any atom is -0.392 e. The van der Waals surface area contributed by atoms with Crippen molar-refractivity contribution < 1.29 is 4.79 Å². The number of aromatic nitrogens is 1. The highest BCUT2D eigenvalue weighted by molar-refractivity contribution is 7.80. The molecule has 4 N–H and O–H groups in total. The van der Waals surface area contributed by atoms with Gasteiger partial charge in [-0.1, -0.05) is 30.5 Å². The van der Waals surface area contributed by atoms with Crippen LogP contribution in [0.2, 0.25) is 0 Å². The minimum absolute atomic E-state index is 0.124. The van der Waals surface area contributed by atoms with Crippen molar-refractivity contribution in [2.24, 2.45) is 17.1 Å². The van der Waals surface area contributed by atoms with E-state index in [-0.39, 0.29) is 15.8 Å². The Hall–Kier alpha value is -1.21. The molecule has 1 heterocycles. The lowest BCUT2D eigenvalue weighted by Gasteiger charge is -2.44. The second-order valence-corrected chi connectivity index (χ2v) is 6.10. The SMILES string of the molecule is CC1CC(C(=O)NCc2csc(=O)[nH]2)(C(N)=S)C1. The number of amides is 1. The monoisotopic (exact) mass is 285 g/mol. The largest absolute Gasteiger partial charge is 0.392 e. The molecule has 1 aromatic heterocycles. The molecule has 0 atom stereocenters. The first-order valence-corrected chi connectivity index (χ1v) is 6.98. The standard InChI is InChI=1S/C11H15N3O2S2/c1-6-2-11(3-6,8(12)17)9(15)13-4-7-5-18-10(16)14-7/h5-6H,2-4H2,1H3,(H2,12,17)(H,13,15)(H,14,16). The molecule has 0 aliphatic heterocycles. The van der Waals surface area contributed by atoms with Crippen LogP contribution >= 0.6 is 23.6 Å². The molecule has 1 saturated carbocycles. The molecule has 0 unspecified atom stereocenters. The zero-order valence-corrected chi connectivity index (χ0v) is 11.6. The van der Waals surface area contributed by atoms with Gasteiger partial charge in [-0.3, -0.25) is 9.59 Å². The lowest BCUT2D eigenvalue weighted by Crippen LogP contribution is -2.55. The number of H-pyrrole nitrogens is 1. The van der Waals surface area contributed by atoms with Gasteiger partial charge in [0, 0.05) is 11.1 Å². The Labute approximate surface area is 114 Å². The van der Waals surface area contributed by atoms with E-state index in [0.717, 1.165) is 11.3 Å². The molecule has 1 fully saturated rings. The van der Waals surface area contributed by atoms with Gasteiger partial charge in [0.25, 0.3) is 0 Å². The highest BCUT2D eigenvalue weighted by atomic mass is 32.1. The van der Waals surface area contributed by atoms with Crippen molar-refractivity contribution in [2.75, 3.05) is 0 Å². The Morgan fingerprint density at radius 1 is 1.72 bits per heavy atom. The van der Waals surface area contributed by atoms with Crippen LogP contribution in [0.4, 0.5) is 0 Å². The molecule has 1 aliphatic rings. The molecule has 7 heteroatoms. The Balaban J connectivity index is 1.99. The summed E-state index contributed by atoms with van der Waals surface area (Å²) >= 11 is 6.08. The van der Waals surface area contributed by atoms with Crippen LogP contribution in [-0.2, 0) is 11.3 Å². The Bertz CT molecular complexity index is 528. The summed E-state index contributed by atoms with van der Waals surface area (Å²) < 4.78 is 0. The Morgan fingerprint density at radius 2 is 2.39 bits per heavy atom. The van der Waals surface area contributed by atoms with Crippen molar-refractivity contribution >= 4 is 34.5 Å². The number of nitrogens with two attached hydrogens (primary N) is 1. The maximum Gasteiger partial charge on any atom is 0.304 e. The van der Waals surface area contributed by atoms with Crippen molar-refractivity contribution in [3.8, 4) is 0 Å². The number of carbonyl (C=O) groups is 1. The number of thiazole rings is 1. The van der Waals surface area contributed by atoms with Crippen molar-refractivity contribution in [1.82, 2.24) is 10.3 Å². The first-order chi connectivity index (χ1) is 8.44. The van der Waals surface area contributed by atoms with E-state index in [1.54, 1.807) is 5.38 Å². The summed E-state index contributed by atoms with van der Waals surface area (Å²) in [5.41, 5.74) is 5.69. The average molecular weight is 285 g/mol. The van der Waals surface area contributed by atoms with Crippen molar-refractivity contribution in [2.45, 2.75) is 26.3 Å². The summed E-state index contributed by atoms with van der Waals surface area (Å²) in [5.74, 6) is 0.332. The van der Waals surface area contributed by atoms with Gasteiger partial charge >= 0.3 is 4.87 Å². The van der Waals surface area contributed by atoms with Crippen LogP contribution in [-0.4, -0.2) is 15.9 Å². The number of carbonyl (C=O) groups excluding carboxylic acids is 1. The number of hydrogen-bond acceptors (Lipinski definition) is 4. The van der Waals surface area contributed by atoms with Crippen molar-refractivity contribution in [3.63, 3.8) is 0 Å².